The van der Waals surface area contributed by atoms with Gasteiger partial charge in [-0.1, -0.05) is 19.4 Å². The van der Waals surface area contributed by atoms with Crippen LogP contribution in [0.2, 0.25) is 0 Å². The van der Waals surface area contributed by atoms with Gasteiger partial charge in [-0.3, -0.25) is 5.41 Å². The van der Waals surface area contributed by atoms with Crippen molar-refractivity contribution in [3.05, 3.63) is 11.8 Å². The van der Waals surface area contributed by atoms with E-state index in [1.807, 2.05) is 13.2 Å². The molecule has 10 heavy (non-hydrogen) atoms. The fraction of sp³-hybridized carbons (Fsp3) is 0.625. The van der Waals surface area contributed by atoms with E-state index in [1.54, 1.807) is 4.90 Å². The Bertz CT molecular complexity index is 136. The maximum Gasteiger partial charge on any atom is 0.0854 e. The highest BCUT2D eigenvalue weighted by Crippen LogP contribution is 2.07. The molecule has 0 rings (SSSR count). The number of hydrogen-bond donors (Lipinski definition) is 1. The topological polar surface area (TPSA) is 27.1 Å². The van der Waals surface area contributed by atoms with Gasteiger partial charge in [0, 0.05) is 13.2 Å². The summed E-state index contributed by atoms with van der Waals surface area (Å²) >= 11 is 0. The highest BCUT2D eigenvalue weighted by atomic mass is 15.1. The zero-order chi connectivity index (χ0) is 8.15. The number of hydrogen-bond acceptors (Lipinski definition) is 1. The van der Waals surface area contributed by atoms with Gasteiger partial charge in [-0.25, -0.2) is 0 Å². The SMILES string of the molecule is C/C(=C/N(C)C=N)C(C)C. The maximum absolute atomic E-state index is 6.90. The molecule has 0 aromatic rings. The van der Waals surface area contributed by atoms with E-state index in [0.29, 0.717) is 5.92 Å². The van der Waals surface area contributed by atoms with Crippen LogP contribution in [0, 0.1) is 11.3 Å². The number of nitrogens with one attached hydrogen (secondary N) is 1. The largest absolute Gasteiger partial charge is 0.343 e. The van der Waals surface area contributed by atoms with Gasteiger partial charge in [0.2, 0.25) is 0 Å². The van der Waals surface area contributed by atoms with E-state index in [2.05, 4.69) is 20.8 Å². The van der Waals surface area contributed by atoms with Crippen LogP contribution in [0.1, 0.15) is 20.8 Å². The van der Waals surface area contributed by atoms with E-state index in [1.165, 1.54) is 11.9 Å². The van der Waals surface area contributed by atoms with Gasteiger partial charge in [-0.2, -0.15) is 0 Å². The van der Waals surface area contributed by atoms with E-state index in [-0.39, 0.29) is 0 Å². The molecule has 0 heterocycles. The van der Waals surface area contributed by atoms with Gasteiger partial charge in [0.05, 0.1) is 6.34 Å². The van der Waals surface area contributed by atoms with Crippen LogP contribution in [-0.4, -0.2) is 18.3 Å². The van der Waals surface area contributed by atoms with Crippen LogP contribution in [0.5, 0.6) is 0 Å². The summed E-state index contributed by atoms with van der Waals surface area (Å²) in [6.07, 6.45) is 3.27. The summed E-state index contributed by atoms with van der Waals surface area (Å²) in [5.41, 5.74) is 1.30. The first kappa shape index (κ1) is 9.21. The second kappa shape index (κ2) is 4.09. The van der Waals surface area contributed by atoms with Gasteiger partial charge in [0.15, 0.2) is 0 Å². The minimum atomic E-state index is 0.572. The third kappa shape index (κ3) is 3.28. The Balaban J connectivity index is 4.01. The number of nitrogens with zero attached hydrogens (tertiary/aromatic N) is 1. The van der Waals surface area contributed by atoms with E-state index in [0.717, 1.165) is 0 Å². The Morgan fingerprint density at radius 2 is 2.00 bits per heavy atom. The normalized spacial score (nSPS) is 11.9. The lowest BCUT2D eigenvalue weighted by Crippen LogP contribution is -2.08. The van der Waals surface area contributed by atoms with E-state index >= 15 is 0 Å². The molecule has 0 bridgehead atoms. The van der Waals surface area contributed by atoms with Gasteiger partial charge in [-0.05, 0) is 12.8 Å². The maximum atomic E-state index is 6.90. The summed E-state index contributed by atoms with van der Waals surface area (Å²) in [5.74, 6) is 0.572. The quantitative estimate of drug-likeness (QED) is 0.471. The highest BCUT2D eigenvalue weighted by Gasteiger charge is 1.95. The number of rotatable bonds is 3. The minimum Gasteiger partial charge on any atom is -0.343 e. The second-order valence-electron chi connectivity index (χ2n) is 2.82. The van der Waals surface area contributed by atoms with Crippen molar-refractivity contribution < 1.29 is 0 Å². The molecule has 0 saturated heterocycles. The van der Waals surface area contributed by atoms with Crippen molar-refractivity contribution in [1.82, 2.24) is 4.90 Å². The lowest BCUT2D eigenvalue weighted by molar-refractivity contribution is 0.663. The third-order valence-corrected chi connectivity index (χ3v) is 1.52. The van der Waals surface area contributed by atoms with Crippen molar-refractivity contribution in [1.29, 1.82) is 5.41 Å². The smallest absolute Gasteiger partial charge is 0.0854 e. The first-order valence-corrected chi connectivity index (χ1v) is 3.48. The fourth-order valence-electron chi connectivity index (χ4n) is 0.508. The standard InChI is InChI=1S/C8H16N2/c1-7(2)8(3)5-10(4)6-9/h5-7,9H,1-4H3/b8-5-,9-6?. The van der Waals surface area contributed by atoms with E-state index in [4.69, 9.17) is 5.41 Å². The molecule has 1 N–H and O–H groups in total. The van der Waals surface area contributed by atoms with Gasteiger partial charge in [0.1, 0.15) is 0 Å². The zero-order valence-corrected chi connectivity index (χ0v) is 7.18. The molecule has 0 unspecified atom stereocenters. The molecule has 0 aromatic heterocycles. The first-order chi connectivity index (χ1) is 4.57. The first-order valence-electron chi connectivity index (χ1n) is 3.48. The molecule has 0 aliphatic carbocycles. The highest BCUT2D eigenvalue weighted by molar-refractivity contribution is 5.51. The molecule has 0 amide bonds. The molecule has 2 heteroatoms. The molecule has 2 nitrogen and oxygen atoms in total. The average molecular weight is 140 g/mol. The van der Waals surface area contributed by atoms with Crippen molar-refractivity contribution in [2.45, 2.75) is 20.8 Å². The summed E-state index contributed by atoms with van der Waals surface area (Å²) in [6.45, 7) is 6.36. The molecule has 0 aliphatic heterocycles. The van der Waals surface area contributed by atoms with Gasteiger partial charge in [-0.15, -0.1) is 0 Å². The van der Waals surface area contributed by atoms with Crippen LogP contribution in [0.3, 0.4) is 0 Å². The van der Waals surface area contributed by atoms with Crippen LogP contribution in [0.15, 0.2) is 11.8 Å². The molecular formula is C8H16N2. The minimum absolute atomic E-state index is 0.572. The van der Waals surface area contributed by atoms with Crippen molar-refractivity contribution >= 4 is 6.34 Å². The Kier molecular flexibility index (Phi) is 3.77. The predicted molar refractivity (Wildman–Crippen MR) is 45.1 cm³/mol. The Labute approximate surface area is 63.0 Å². The van der Waals surface area contributed by atoms with Crippen LogP contribution in [-0.2, 0) is 0 Å². The van der Waals surface area contributed by atoms with Crippen molar-refractivity contribution in [2.75, 3.05) is 7.05 Å². The second-order valence-corrected chi connectivity index (χ2v) is 2.82. The Hall–Kier alpha value is -0.790. The molecular weight excluding hydrogens is 124 g/mol. The Morgan fingerprint density at radius 3 is 2.30 bits per heavy atom. The monoisotopic (exact) mass is 140 g/mol. The summed E-state index contributed by atoms with van der Waals surface area (Å²) in [4.78, 5) is 1.75. The number of allylic oxidation sites excluding steroid dienone is 1. The molecule has 58 valence electrons. The van der Waals surface area contributed by atoms with E-state index < -0.39 is 0 Å². The van der Waals surface area contributed by atoms with Crippen LogP contribution >= 0.6 is 0 Å². The molecule has 0 saturated carbocycles. The van der Waals surface area contributed by atoms with E-state index in [9.17, 15) is 0 Å². The molecule has 0 aromatic carbocycles. The molecule has 0 spiro atoms. The third-order valence-electron chi connectivity index (χ3n) is 1.52. The Morgan fingerprint density at radius 1 is 1.50 bits per heavy atom. The molecule has 0 fully saturated rings. The van der Waals surface area contributed by atoms with Crippen LogP contribution in [0.4, 0.5) is 0 Å². The predicted octanol–water partition coefficient (Wildman–Crippen LogP) is 2.09. The average Bonchev–Trinajstić information content (AvgIpc) is 1.87. The van der Waals surface area contributed by atoms with Crippen molar-refractivity contribution in [2.24, 2.45) is 5.92 Å². The summed E-state index contributed by atoms with van der Waals surface area (Å²) in [6, 6.07) is 0. The summed E-state index contributed by atoms with van der Waals surface area (Å²) in [7, 11) is 1.86. The lowest BCUT2D eigenvalue weighted by atomic mass is 10.1. The van der Waals surface area contributed by atoms with Crippen LogP contribution in [0.25, 0.3) is 0 Å². The summed E-state index contributed by atoms with van der Waals surface area (Å²) in [5, 5.41) is 6.90. The fourth-order valence-corrected chi connectivity index (χ4v) is 0.508. The molecule has 0 atom stereocenters. The van der Waals surface area contributed by atoms with Gasteiger partial charge in [0.25, 0.3) is 0 Å². The van der Waals surface area contributed by atoms with Crippen molar-refractivity contribution in [3.63, 3.8) is 0 Å². The van der Waals surface area contributed by atoms with Gasteiger partial charge < -0.3 is 4.90 Å². The molecule has 0 aliphatic rings. The zero-order valence-electron chi connectivity index (χ0n) is 7.18. The van der Waals surface area contributed by atoms with Crippen molar-refractivity contribution in [3.8, 4) is 0 Å². The lowest BCUT2D eigenvalue weighted by Gasteiger charge is -2.10. The van der Waals surface area contributed by atoms with Gasteiger partial charge >= 0.3 is 0 Å². The molecule has 0 radical (unpaired) electrons. The van der Waals surface area contributed by atoms with Crippen LogP contribution < -0.4 is 0 Å². The summed E-state index contributed by atoms with van der Waals surface area (Å²) < 4.78 is 0.